The summed E-state index contributed by atoms with van der Waals surface area (Å²) in [7, 11) is 1.58. The number of carbonyl (C=O) groups excluding carboxylic acids is 1. The Morgan fingerprint density at radius 3 is 2.36 bits per heavy atom. The summed E-state index contributed by atoms with van der Waals surface area (Å²) in [5.74, 6) is 0.442. The van der Waals surface area contributed by atoms with Crippen molar-refractivity contribution in [2.75, 3.05) is 12.4 Å². The second kappa shape index (κ2) is 7.04. The maximum atomic E-state index is 12.1. The molecule has 0 aliphatic carbocycles. The molecule has 2 N–H and O–H groups in total. The molecule has 0 spiro atoms. The summed E-state index contributed by atoms with van der Waals surface area (Å²) in [5.41, 5.74) is 3.65. The molecule has 0 aliphatic heterocycles. The van der Waals surface area contributed by atoms with Crippen LogP contribution in [-0.4, -0.2) is 18.1 Å². The van der Waals surface area contributed by atoms with Crippen LogP contribution in [0.15, 0.2) is 42.5 Å². The van der Waals surface area contributed by atoms with Crippen molar-refractivity contribution >= 4 is 28.9 Å². The first kappa shape index (κ1) is 16.0. The first-order chi connectivity index (χ1) is 10.5. The van der Waals surface area contributed by atoms with Crippen molar-refractivity contribution in [3.63, 3.8) is 0 Å². The van der Waals surface area contributed by atoms with Crippen molar-refractivity contribution in [1.29, 1.82) is 0 Å². The number of aryl methyl sites for hydroxylation is 2. The molecule has 0 saturated heterocycles. The van der Waals surface area contributed by atoms with Gasteiger partial charge in [-0.2, -0.15) is 0 Å². The summed E-state index contributed by atoms with van der Waals surface area (Å²) >= 11 is 5.19. The molecule has 4 nitrogen and oxygen atoms in total. The van der Waals surface area contributed by atoms with Gasteiger partial charge in [-0.15, -0.1) is 0 Å². The van der Waals surface area contributed by atoms with Crippen LogP contribution in [0.1, 0.15) is 21.5 Å². The highest BCUT2D eigenvalue weighted by Crippen LogP contribution is 2.16. The molecular formula is C17H18N2O2S. The standard InChI is InChI=1S/C17H18N2O2S/c1-11-4-9-15(12(2)10-11)18-17(22)19-16(20)13-5-7-14(21-3)8-6-13/h4-10H,1-3H3,(H2,18,19,20,22). The van der Waals surface area contributed by atoms with Gasteiger partial charge in [-0.25, -0.2) is 0 Å². The largest absolute Gasteiger partial charge is 0.497 e. The number of ether oxygens (including phenoxy) is 1. The molecule has 0 unspecified atom stereocenters. The zero-order chi connectivity index (χ0) is 16.1. The van der Waals surface area contributed by atoms with Crippen molar-refractivity contribution < 1.29 is 9.53 Å². The molecule has 2 aromatic rings. The highest BCUT2D eigenvalue weighted by atomic mass is 32.1. The lowest BCUT2D eigenvalue weighted by Crippen LogP contribution is -2.34. The minimum atomic E-state index is -0.259. The molecule has 1 amide bonds. The highest BCUT2D eigenvalue weighted by molar-refractivity contribution is 7.80. The van der Waals surface area contributed by atoms with E-state index in [4.69, 9.17) is 17.0 Å². The van der Waals surface area contributed by atoms with E-state index in [-0.39, 0.29) is 11.0 Å². The summed E-state index contributed by atoms with van der Waals surface area (Å²) in [6.45, 7) is 4.02. The minimum absolute atomic E-state index is 0.259. The molecule has 2 aromatic carbocycles. The predicted octanol–water partition coefficient (Wildman–Crippen LogP) is 3.44. The molecule has 0 fully saturated rings. The van der Waals surface area contributed by atoms with Crippen molar-refractivity contribution in [2.45, 2.75) is 13.8 Å². The average Bonchev–Trinajstić information content (AvgIpc) is 2.50. The first-order valence-corrected chi connectivity index (χ1v) is 7.24. The minimum Gasteiger partial charge on any atom is -0.497 e. The fraction of sp³-hybridized carbons (Fsp3) is 0.176. The van der Waals surface area contributed by atoms with Crippen LogP contribution in [0.4, 0.5) is 5.69 Å². The molecule has 0 heterocycles. The van der Waals surface area contributed by atoms with Crippen LogP contribution in [0.2, 0.25) is 0 Å². The third-order valence-corrected chi connectivity index (χ3v) is 3.41. The van der Waals surface area contributed by atoms with Crippen LogP contribution in [0.25, 0.3) is 0 Å². The highest BCUT2D eigenvalue weighted by Gasteiger charge is 2.09. The lowest BCUT2D eigenvalue weighted by atomic mass is 10.1. The molecule has 5 heteroatoms. The number of nitrogens with one attached hydrogen (secondary N) is 2. The molecule has 0 aromatic heterocycles. The Hall–Kier alpha value is -2.40. The zero-order valence-electron chi connectivity index (χ0n) is 12.8. The van der Waals surface area contributed by atoms with Gasteiger partial charge in [0.25, 0.3) is 5.91 Å². The van der Waals surface area contributed by atoms with Crippen molar-refractivity contribution in [1.82, 2.24) is 5.32 Å². The smallest absolute Gasteiger partial charge is 0.257 e. The summed E-state index contributed by atoms with van der Waals surface area (Å²) in [6.07, 6.45) is 0. The second-order valence-electron chi connectivity index (χ2n) is 4.96. The van der Waals surface area contributed by atoms with E-state index < -0.39 is 0 Å². The molecule has 0 aliphatic rings. The normalized spacial score (nSPS) is 9.95. The Bertz CT molecular complexity index is 696. The average molecular weight is 314 g/mol. The Morgan fingerprint density at radius 1 is 1.09 bits per heavy atom. The van der Waals surface area contributed by atoms with Crippen LogP contribution in [0, 0.1) is 13.8 Å². The predicted molar refractivity (Wildman–Crippen MR) is 92.6 cm³/mol. The van der Waals surface area contributed by atoms with Gasteiger partial charge in [-0.05, 0) is 62.0 Å². The van der Waals surface area contributed by atoms with Gasteiger partial charge in [0.2, 0.25) is 0 Å². The van der Waals surface area contributed by atoms with E-state index >= 15 is 0 Å². The number of anilines is 1. The van der Waals surface area contributed by atoms with Gasteiger partial charge in [0.05, 0.1) is 7.11 Å². The van der Waals surface area contributed by atoms with Gasteiger partial charge < -0.3 is 10.1 Å². The zero-order valence-corrected chi connectivity index (χ0v) is 13.6. The summed E-state index contributed by atoms with van der Waals surface area (Å²) < 4.78 is 5.06. The number of rotatable bonds is 3. The van der Waals surface area contributed by atoms with E-state index in [1.165, 1.54) is 5.56 Å². The molecule has 114 valence electrons. The van der Waals surface area contributed by atoms with Crippen LogP contribution in [-0.2, 0) is 0 Å². The molecule has 0 atom stereocenters. The molecule has 0 bridgehead atoms. The molecule has 0 radical (unpaired) electrons. The maximum absolute atomic E-state index is 12.1. The van der Waals surface area contributed by atoms with Crippen LogP contribution < -0.4 is 15.4 Å². The summed E-state index contributed by atoms with van der Waals surface area (Å²) in [5, 5.41) is 5.97. The lowest BCUT2D eigenvalue weighted by molar-refractivity contribution is 0.0977. The topological polar surface area (TPSA) is 50.4 Å². The Labute approximate surface area is 135 Å². The van der Waals surface area contributed by atoms with Gasteiger partial charge >= 0.3 is 0 Å². The maximum Gasteiger partial charge on any atom is 0.257 e. The van der Waals surface area contributed by atoms with E-state index in [0.29, 0.717) is 11.3 Å². The first-order valence-electron chi connectivity index (χ1n) is 6.83. The molecule has 0 saturated carbocycles. The third kappa shape index (κ3) is 4.05. The molecular weight excluding hydrogens is 296 g/mol. The fourth-order valence-electron chi connectivity index (χ4n) is 2.03. The third-order valence-electron chi connectivity index (χ3n) is 3.21. The van der Waals surface area contributed by atoms with E-state index in [1.54, 1.807) is 31.4 Å². The van der Waals surface area contributed by atoms with Gasteiger partial charge in [0.15, 0.2) is 5.11 Å². The van der Waals surface area contributed by atoms with Crippen LogP contribution >= 0.6 is 12.2 Å². The van der Waals surface area contributed by atoms with Gasteiger partial charge in [-0.1, -0.05) is 17.7 Å². The summed E-state index contributed by atoms with van der Waals surface area (Å²) in [4.78, 5) is 12.1. The monoisotopic (exact) mass is 314 g/mol. The number of benzene rings is 2. The van der Waals surface area contributed by atoms with Gasteiger partial charge in [0.1, 0.15) is 5.75 Å². The number of hydrogen-bond acceptors (Lipinski definition) is 3. The number of thiocarbonyl (C=S) groups is 1. The number of methoxy groups -OCH3 is 1. The van der Waals surface area contributed by atoms with E-state index in [0.717, 1.165) is 11.3 Å². The van der Waals surface area contributed by atoms with Crippen molar-refractivity contribution in [3.05, 3.63) is 59.2 Å². The van der Waals surface area contributed by atoms with Crippen molar-refractivity contribution in [3.8, 4) is 5.75 Å². The Morgan fingerprint density at radius 2 is 1.77 bits per heavy atom. The van der Waals surface area contributed by atoms with E-state index in [9.17, 15) is 4.79 Å². The lowest BCUT2D eigenvalue weighted by Gasteiger charge is -2.12. The Kier molecular flexibility index (Phi) is 5.12. The molecule has 2 rings (SSSR count). The van der Waals surface area contributed by atoms with E-state index in [1.807, 2.05) is 26.0 Å². The van der Waals surface area contributed by atoms with Gasteiger partial charge in [-0.3, -0.25) is 10.1 Å². The number of hydrogen-bond donors (Lipinski definition) is 2. The van der Waals surface area contributed by atoms with E-state index in [2.05, 4.69) is 16.7 Å². The summed E-state index contributed by atoms with van der Waals surface area (Å²) in [6, 6.07) is 12.8. The van der Waals surface area contributed by atoms with Crippen LogP contribution in [0.5, 0.6) is 5.75 Å². The second-order valence-corrected chi connectivity index (χ2v) is 5.36. The quantitative estimate of drug-likeness (QED) is 0.852. The van der Waals surface area contributed by atoms with Crippen LogP contribution in [0.3, 0.4) is 0 Å². The number of amides is 1. The van der Waals surface area contributed by atoms with Crippen molar-refractivity contribution in [2.24, 2.45) is 0 Å². The Balaban J connectivity index is 2.00. The number of carbonyl (C=O) groups is 1. The van der Waals surface area contributed by atoms with Gasteiger partial charge in [0, 0.05) is 11.3 Å². The molecule has 22 heavy (non-hydrogen) atoms. The fourth-order valence-corrected chi connectivity index (χ4v) is 2.23. The SMILES string of the molecule is COc1ccc(C(=O)NC(=S)Nc2ccc(C)cc2C)cc1.